The molecule has 2 aromatic heterocycles. The summed E-state index contributed by atoms with van der Waals surface area (Å²) in [7, 11) is -8.23. The van der Waals surface area contributed by atoms with Crippen LogP contribution in [0.4, 0.5) is 0 Å². The van der Waals surface area contributed by atoms with Gasteiger partial charge in [-0.2, -0.15) is 4.98 Å². The van der Waals surface area contributed by atoms with Gasteiger partial charge in [-0.25, -0.2) is 4.79 Å². The van der Waals surface area contributed by atoms with E-state index in [4.69, 9.17) is 13.0 Å². The monoisotopic (exact) mass is 538 g/mol. The van der Waals surface area contributed by atoms with Crippen molar-refractivity contribution in [3.8, 4) is 11.3 Å². The van der Waals surface area contributed by atoms with Gasteiger partial charge in [0.25, 0.3) is 0 Å². The Kier molecular flexibility index (Phi) is 9.85. The molecule has 0 saturated heterocycles. The minimum absolute atomic E-state index is 0.144. The van der Waals surface area contributed by atoms with E-state index in [1.54, 1.807) is 12.3 Å². The highest BCUT2D eigenvalue weighted by molar-refractivity contribution is 7.66. The molecule has 186 valence electrons. The van der Waals surface area contributed by atoms with Crippen molar-refractivity contribution >= 4 is 34.8 Å². The molecule has 0 saturated carbocycles. The molecular formula is C23H29N2O7P3+2. The maximum absolute atomic E-state index is 12.6. The Morgan fingerprint density at radius 1 is 1.09 bits per heavy atom. The fourth-order valence-corrected chi connectivity index (χ4v) is 7.59. The minimum atomic E-state index is -3.82. The molecule has 0 bridgehead atoms. The van der Waals surface area contributed by atoms with Crippen LogP contribution >= 0.6 is 23.7 Å². The summed E-state index contributed by atoms with van der Waals surface area (Å²) >= 11 is 0. The zero-order valence-electron chi connectivity index (χ0n) is 20.0. The summed E-state index contributed by atoms with van der Waals surface area (Å²) in [6, 6.07) is 10.0. The molecule has 0 aliphatic heterocycles. The van der Waals surface area contributed by atoms with Gasteiger partial charge < -0.3 is 4.42 Å². The quantitative estimate of drug-likeness (QED) is 0.131. The Hall–Kier alpha value is -2.27. The lowest BCUT2D eigenvalue weighted by Crippen LogP contribution is -2.21. The molecule has 0 fully saturated rings. The third kappa shape index (κ3) is 8.13. The van der Waals surface area contributed by atoms with Crippen molar-refractivity contribution in [2.24, 2.45) is 0 Å². The second-order valence-corrected chi connectivity index (χ2v) is 12.7. The van der Waals surface area contributed by atoms with Gasteiger partial charge in [0.15, 0.2) is 13.3 Å². The molecule has 12 heteroatoms. The summed E-state index contributed by atoms with van der Waals surface area (Å²) in [5.74, 6) is 0.623. The highest BCUT2D eigenvalue weighted by Crippen LogP contribution is 2.59. The van der Waals surface area contributed by atoms with Crippen LogP contribution in [0.25, 0.3) is 22.4 Å². The smallest absolute Gasteiger partial charge is 0.437 e. The van der Waals surface area contributed by atoms with Crippen LogP contribution in [0.2, 0.25) is 0 Å². The van der Waals surface area contributed by atoms with Gasteiger partial charge in [-0.1, -0.05) is 64.8 Å². The molecule has 35 heavy (non-hydrogen) atoms. The van der Waals surface area contributed by atoms with Crippen molar-refractivity contribution < 1.29 is 26.7 Å². The maximum Gasteiger partial charge on any atom is 0.513 e. The van der Waals surface area contributed by atoms with Crippen LogP contribution in [-0.2, 0) is 35.3 Å². The van der Waals surface area contributed by atoms with E-state index in [0.29, 0.717) is 11.1 Å². The standard InChI is InChI=1S/C23H29N2O7P3/c1-4-5-6-9-18-10-12-19(13-11-18)21-16-20-17-25(23(26)24-22(20)30-21)14-7-8-15-35(29,31-33(2)27)32-34(3)28/h7-8,10-13,16-17H,4-6,9,14-15H2,1-3H3/q+2/b8-7+. The lowest BCUT2D eigenvalue weighted by Gasteiger charge is -2.02. The highest BCUT2D eigenvalue weighted by atomic mass is 31.3. The van der Waals surface area contributed by atoms with Crippen molar-refractivity contribution in [1.29, 1.82) is 0 Å². The van der Waals surface area contributed by atoms with E-state index in [9.17, 15) is 18.5 Å². The maximum atomic E-state index is 12.6. The number of aromatic nitrogens is 2. The van der Waals surface area contributed by atoms with E-state index in [1.807, 2.05) is 18.2 Å². The average Bonchev–Trinajstić information content (AvgIpc) is 3.19. The van der Waals surface area contributed by atoms with E-state index < -0.39 is 29.3 Å². The first-order valence-electron chi connectivity index (χ1n) is 11.2. The Morgan fingerprint density at radius 2 is 1.77 bits per heavy atom. The first-order chi connectivity index (χ1) is 16.7. The molecule has 2 heterocycles. The first-order valence-corrected chi connectivity index (χ1v) is 16.2. The number of benzene rings is 1. The molecule has 1 aromatic carbocycles. The molecule has 2 atom stereocenters. The summed E-state index contributed by atoms with van der Waals surface area (Å²) in [5.41, 5.74) is 1.93. The molecule has 3 rings (SSSR count). The number of aryl methyl sites for hydroxylation is 1. The van der Waals surface area contributed by atoms with Gasteiger partial charge in [-0.15, -0.1) is 0 Å². The number of fused-ring (bicyclic) bond motifs is 1. The third-order valence-electron chi connectivity index (χ3n) is 5.06. The van der Waals surface area contributed by atoms with Gasteiger partial charge in [0, 0.05) is 18.3 Å². The summed E-state index contributed by atoms with van der Waals surface area (Å²) in [6.07, 6.45) is 9.07. The fourth-order valence-electron chi connectivity index (χ4n) is 3.46. The minimum Gasteiger partial charge on any atom is -0.437 e. The van der Waals surface area contributed by atoms with Crippen molar-refractivity contribution in [2.45, 2.75) is 39.2 Å². The second-order valence-electron chi connectivity index (χ2n) is 8.01. The zero-order chi connectivity index (χ0) is 25.4. The van der Waals surface area contributed by atoms with Crippen molar-refractivity contribution in [2.75, 3.05) is 19.5 Å². The molecule has 3 aromatic rings. The fraction of sp³-hybridized carbons (Fsp3) is 0.391. The Balaban J connectivity index is 1.71. The first kappa shape index (κ1) is 27.3. The van der Waals surface area contributed by atoms with Crippen molar-refractivity contribution in [3.63, 3.8) is 0 Å². The Morgan fingerprint density at radius 3 is 2.40 bits per heavy atom. The topological polar surface area (TPSA) is 118 Å². The molecular weight excluding hydrogens is 509 g/mol. The van der Waals surface area contributed by atoms with E-state index in [2.05, 4.69) is 24.0 Å². The van der Waals surface area contributed by atoms with Gasteiger partial charge >= 0.3 is 29.3 Å². The molecule has 2 unspecified atom stereocenters. The lowest BCUT2D eigenvalue weighted by atomic mass is 10.0. The number of allylic oxidation sites excluding steroid dienone is 2. The van der Waals surface area contributed by atoms with Crippen LogP contribution in [0.3, 0.4) is 0 Å². The zero-order valence-corrected chi connectivity index (χ0v) is 22.6. The predicted molar refractivity (Wildman–Crippen MR) is 138 cm³/mol. The lowest BCUT2D eigenvalue weighted by molar-refractivity contribution is 0.397. The van der Waals surface area contributed by atoms with Crippen LogP contribution in [0.1, 0.15) is 31.7 Å². The number of rotatable bonds is 13. The number of nitrogens with zero attached hydrogens (tertiary/aromatic N) is 2. The van der Waals surface area contributed by atoms with Gasteiger partial charge in [0.1, 0.15) is 5.76 Å². The van der Waals surface area contributed by atoms with Crippen LogP contribution in [0, 0.1) is 0 Å². The van der Waals surface area contributed by atoms with Gasteiger partial charge in [-0.3, -0.25) is 9.13 Å². The van der Waals surface area contributed by atoms with E-state index in [0.717, 1.165) is 12.0 Å². The summed E-state index contributed by atoms with van der Waals surface area (Å²) < 4.78 is 52.1. The Labute approximate surface area is 205 Å². The number of furan rings is 1. The molecule has 0 radical (unpaired) electrons. The van der Waals surface area contributed by atoms with Crippen LogP contribution in [0.15, 0.2) is 57.9 Å². The van der Waals surface area contributed by atoms with E-state index in [1.165, 1.54) is 48.8 Å². The average molecular weight is 538 g/mol. The summed E-state index contributed by atoms with van der Waals surface area (Å²) in [6.45, 7) is 4.80. The number of hydrogen-bond donors (Lipinski definition) is 0. The van der Waals surface area contributed by atoms with Gasteiger partial charge in [-0.05, 0) is 33.6 Å². The highest BCUT2D eigenvalue weighted by Gasteiger charge is 2.40. The van der Waals surface area contributed by atoms with Crippen LogP contribution in [-0.4, -0.2) is 29.0 Å². The largest absolute Gasteiger partial charge is 0.513 e. The molecule has 0 aliphatic carbocycles. The molecule has 0 amide bonds. The molecule has 0 N–H and O–H groups in total. The number of hydrogen-bond acceptors (Lipinski definition) is 8. The van der Waals surface area contributed by atoms with Crippen molar-refractivity contribution in [3.05, 3.63) is 64.7 Å². The SMILES string of the molecule is CCCCCc1ccc(-c2cc3cn(C/C=C/CP(=O)(O[P+](C)=O)O[P+](C)=O)c(=O)nc3o2)cc1. The van der Waals surface area contributed by atoms with E-state index in [-0.39, 0.29) is 18.4 Å². The molecule has 9 nitrogen and oxygen atoms in total. The summed E-state index contributed by atoms with van der Waals surface area (Å²) in [5, 5.41) is 0.670. The second kappa shape index (κ2) is 12.6. The molecule has 0 aliphatic rings. The van der Waals surface area contributed by atoms with Crippen LogP contribution in [0.5, 0.6) is 0 Å². The van der Waals surface area contributed by atoms with Gasteiger partial charge in [0.05, 0.1) is 11.5 Å². The summed E-state index contributed by atoms with van der Waals surface area (Å²) in [4.78, 5) is 16.4. The molecule has 0 spiro atoms. The van der Waals surface area contributed by atoms with Gasteiger partial charge in [0.2, 0.25) is 5.71 Å². The Bertz CT molecular complexity index is 1310. The van der Waals surface area contributed by atoms with Crippen molar-refractivity contribution in [1.82, 2.24) is 9.55 Å². The predicted octanol–water partition coefficient (Wildman–Crippen LogP) is 6.92. The number of unbranched alkanes of at least 4 members (excludes halogenated alkanes) is 2. The normalized spacial score (nSPS) is 14.4. The van der Waals surface area contributed by atoms with Crippen LogP contribution < -0.4 is 5.69 Å². The van der Waals surface area contributed by atoms with E-state index >= 15 is 0 Å². The third-order valence-corrected chi connectivity index (χ3v) is 9.55.